The molecule has 1 N–H and O–H groups in total. The van der Waals surface area contributed by atoms with Gasteiger partial charge in [0.1, 0.15) is 11.9 Å². The van der Waals surface area contributed by atoms with E-state index in [0.717, 1.165) is 16.8 Å². The van der Waals surface area contributed by atoms with Crippen LogP contribution in [0.5, 0.6) is 0 Å². The molecule has 0 aliphatic carbocycles. The maximum Gasteiger partial charge on any atom is 0.274 e. The Morgan fingerprint density at radius 1 is 1.14 bits per heavy atom. The molecule has 5 rings (SSSR count). The maximum absolute atomic E-state index is 13.2. The highest BCUT2D eigenvalue weighted by Crippen LogP contribution is 2.29. The van der Waals surface area contributed by atoms with Crippen molar-refractivity contribution in [2.45, 2.75) is 38.6 Å². The van der Waals surface area contributed by atoms with Crippen LogP contribution in [0.25, 0.3) is 0 Å². The van der Waals surface area contributed by atoms with Crippen molar-refractivity contribution < 1.29 is 18.7 Å². The lowest BCUT2D eigenvalue weighted by atomic mass is 9.95. The number of likely N-dealkylation sites (tertiary alicyclic amines) is 1. The first-order valence-corrected chi connectivity index (χ1v) is 12.1. The summed E-state index contributed by atoms with van der Waals surface area (Å²) in [5.74, 6) is -0.561. The molecule has 1 aromatic heterocycles. The minimum Gasteiger partial charge on any atom is -0.365 e. The van der Waals surface area contributed by atoms with Gasteiger partial charge in [-0.15, -0.1) is 0 Å². The zero-order valence-electron chi connectivity index (χ0n) is 19.1. The highest BCUT2D eigenvalue weighted by molar-refractivity contribution is 6.30. The van der Waals surface area contributed by atoms with Gasteiger partial charge in [0.05, 0.1) is 25.2 Å². The van der Waals surface area contributed by atoms with Crippen molar-refractivity contribution in [1.82, 2.24) is 19.8 Å². The first kappa shape index (κ1) is 23.5. The molecule has 0 radical (unpaired) electrons. The van der Waals surface area contributed by atoms with Gasteiger partial charge in [-0.25, -0.2) is 9.37 Å². The van der Waals surface area contributed by atoms with E-state index in [4.69, 9.17) is 16.3 Å². The lowest BCUT2D eigenvalue weighted by molar-refractivity contribution is -0.126. The molecular formula is C26H26ClFN4O3. The lowest BCUT2D eigenvalue weighted by Gasteiger charge is -2.31. The highest BCUT2D eigenvalue weighted by Gasteiger charge is 2.32. The summed E-state index contributed by atoms with van der Waals surface area (Å²) in [5.41, 5.74) is 2.97. The number of amides is 2. The predicted molar refractivity (Wildman–Crippen MR) is 128 cm³/mol. The van der Waals surface area contributed by atoms with Gasteiger partial charge in [-0.05, 0) is 48.2 Å². The molecule has 2 aromatic carbocycles. The van der Waals surface area contributed by atoms with Gasteiger partial charge < -0.3 is 19.5 Å². The largest absolute Gasteiger partial charge is 0.365 e. The fraction of sp³-hybridized carbons (Fsp3) is 0.346. The number of hydrogen-bond acceptors (Lipinski definition) is 4. The molecule has 2 aliphatic rings. The molecule has 0 saturated carbocycles. The van der Waals surface area contributed by atoms with Gasteiger partial charge in [-0.1, -0.05) is 35.9 Å². The number of piperidine rings is 1. The summed E-state index contributed by atoms with van der Waals surface area (Å²) in [7, 11) is 0. The number of aromatic nitrogens is 2. The van der Waals surface area contributed by atoms with Crippen molar-refractivity contribution in [3.8, 4) is 0 Å². The summed E-state index contributed by atoms with van der Waals surface area (Å²) in [4.78, 5) is 31.9. The van der Waals surface area contributed by atoms with Gasteiger partial charge in [0.25, 0.3) is 5.91 Å². The van der Waals surface area contributed by atoms with Crippen LogP contribution < -0.4 is 5.32 Å². The normalized spacial score (nSPS) is 18.2. The zero-order valence-corrected chi connectivity index (χ0v) is 19.9. The van der Waals surface area contributed by atoms with Gasteiger partial charge in [-0.2, -0.15) is 0 Å². The Hall–Kier alpha value is -3.23. The summed E-state index contributed by atoms with van der Waals surface area (Å²) < 4.78 is 21.1. The Labute approximate surface area is 207 Å². The van der Waals surface area contributed by atoms with Crippen molar-refractivity contribution in [3.05, 3.63) is 88.2 Å². The zero-order chi connectivity index (χ0) is 24.4. The van der Waals surface area contributed by atoms with Crippen LogP contribution in [0.15, 0.2) is 54.9 Å². The lowest BCUT2D eigenvalue weighted by Crippen LogP contribution is -2.43. The second kappa shape index (κ2) is 10.2. The Morgan fingerprint density at radius 2 is 1.91 bits per heavy atom. The van der Waals surface area contributed by atoms with Gasteiger partial charge in [0.15, 0.2) is 5.69 Å². The first-order valence-electron chi connectivity index (χ1n) is 11.7. The van der Waals surface area contributed by atoms with E-state index in [0.29, 0.717) is 49.7 Å². The number of imidazole rings is 1. The predicted octanol–water partition coefficient (Wildman–Crippen LogP) is 4.12. The van der Waals surface area contributed by atoms with Gasteiger partial charge >= 0.3 is 0 Å². The number of carbonyl (C=O) groups excluding carboxylic acids is 2. The summed E-state index contributed by atoms with van der Waals surface area (Å²) in [5, 5.41) is 3.62. The number of fused-ring (bicyclic) bond motifs is 1. The number of carbonyl (C=O) groups is 2. The number of halogens is 2. The van der Waals surface area contributed by atoms with Crippen LogP contribution in [0, 0.1) is 11.7 Å². The third-order valence-corrected chi connectivity index (χ3v) is 6.92. The van der Waals surface area contributed by atoms with Crippen LogP contribution in [0.4, 0.5) is 4.39 Å². The van der Waals surface area contributed by atoms with Crippen molar-refractivity contribution in [3.63, 3.8) is 0 Å². The molecule has 182 valence electrons. The first-order chi connectivity index (χ1) is 17.0. The fourth-order valence-corrected chi connectivity index (χ4v) is 4.87. The summed E-state index contributed by atoms with van der Waals surface area (Å²) >= 11 is 6.00. The molecule has 35 heavy (non-hydrogen) atoms. The highest BCUT2D eigenvalue weighted by atomic mass is 35.5. The molecule has 0 bridgehead atoms. The van der Waals surface area contributed by atoms with Crippen LogP contribution in [0.2, 0.25) is 5.02 Å². The van der Waals surface area contributed by atoms with Gasteiger partial charge in [-0.3, -0.25) is 9.59 Å². The molecule has 7 nitrogen and oxygen atoms in total. The monoisotopic (exact) mass is 496 g/mol. The maximum atomic E-state index is 13.2. The van der Waals surface area contributed by atoms with Crippen molar-refractivity contribution in [1.29, 1.82) is 0 Å². The van der Waals surface area contributed by atoms with Crippen molar-refractivity contribution in [2.24, 2.45) is 5.92 Å². The van der Waals surface area contributed by atoms with E-state index >= 15 is 0 Å². The Kier molecular flexibility index (Phi) is 6.83. The topological polar surface area (TPSA) is 76.5 Å². The van der Waals surface area contributed by atoms with E-state index in [1.807, 2.05) is 22.8 Å². The average molecular weight is 497 g/mol. The number of rotatable bonds is 5. The second-order valence-electron chi connectivity index (χ2n) is 8.96. The van der Waals surface area contributed by atoms with Crippen molar-refractivity contribution in [2.75, 3.05) is 13.1 Å². The van der Waals surface area contributed by atoms with E-state index in [-0.39, 0.29) is 36.3 Å². The summed E-state index contributed by atoms with van der Waals surface area (Å²) in [6.07, 6.45) is 2.65. The minimum atomic E-state index is -0.289. The molecule has 1 saturated heterocycles. The van der Waals surface area contributed by atoms with E-state index in [1.54, 1.807) is 29.4 Å². The number of nitrogens with zero attached hydrogens (tertiary/aromatic N) is 3. The average Bonchev–Trinajstić information content (AvgIpc) is 3.31. The quantitative estimate of drug-likeness (QED) is 0.576. The number of benzene rings is 2. The van der Waals surface area contributed by atoms with E-state index in [9.17, 15) is 14.0 Å². The Bertz CT molecular complexity index is 1220. The van der Waals surface area contributed by atoms with Crippen LogP contribution in [-0.4, -0.2) is 39.4 Å². The Balaban J connectivity index is 1.15. The van der Waals surface area contributed by atoms with Gasteiger partial charge in [0.2, 0.25) is 5.91 Å². The molecule has 2 aliphatic heterocycles. The molecule has 9 heteroatoms. The molecule has 3 aromatic rings. The van der Waals surface area contributed by atoms with E-state index < -0.39 is 0 Å². The number of hydrogen-bond donors (Lipinski definition) is 1. The fourth-order valence-electron chi connectivity index (χ4n) is 4.66. The van der Waals surface area contributed by atoms with Crippen molar-refractivity contribution >= 4 is 23.4 Å². The third kappa shape index (κ3) is 5.23. The van der Waals surface area contributed by atoms with Crippen LogP contribution >= 0.6 is 11.6 Å². The van der Waals surface area contributed by atoms with Gasteiger partial charge in [0, 0.05) is 30.6 Å². The van der Waals surface area contributed by atoms with Crippen LogP contribution in [-0.2, 0) is 29.2 Å². The number of ether oxygens (including phenoxy) is 1. The van der Waals surface area contributed by atoms with Crippen LogP contribution in [0.3, 0.4) is 0 Å². The second-order valence-corrected chi connectivity index (χ2v) is 9.39. The molecule has 1 atom stereocenters. The third-order valence-electron chi connectivity index (χ3n) is 6.68. The molecular weight excluding hydrogens is 471 g/mol. The Morgan fingerprint density at radius 3 is 2.66 bits per heavy atom. The molecule has 0 unspecified atom stereocenters. The molecule has 0 spiro atoms. The molecule has 1 fully saturated rings. The van der Waals surface area contributed by atoms with E-state index in [2.05, 4.69) is 10.3 Å². The summed E-state index contributed by atoms with van der Waals surface area (Å²) in [6, 6.07) is 13.7. The molecule has 2 amide bonds. The number of nitrogens with one attached hydrogen (secondary N) is 1. The summed E-state index contributed by atoms with van der Waals surface area (Å²) in [6.45, 7) is 2.19. The van der Waals surface area contributed by atoms with Crippen LogP contribution in [0.1, 0.15) is 46.3 Å². The standard InChI is InChI=1S/C26H26ClFN4O3/c27-20-3-1-2-17(12-20)13-29-25(33)19-8-10-31(11-9-19)26(34)24-22-15-35-23(14-32(22)16-30-24)18-4-6-21(28)7-5-18/h1-7,12,16,19,23H,8-11,13-15H2,(H,29,33)/t23-/m0/s1. The van der Waals surface area contributed by atoms with E-state index in [1.165, 1.54) is 12.1 Å². The SMILES string of the molecule is O=C(NCc1cccc(Cl)c1)C1CCN(C(=O)c2ncn3c2CO[C@H](c2ccc(F)cc2)C3)CC1. The molecule has 3 heterocycles. The smallest absolute Gasteiger partial charge is 0.274 e. The minimum absolute atomic E-state index is 0.00307.